The van der Waals surface area contributed by atoms with Crippen molar-refractivity contribution in [3.8, 4) is 16.9 Å². The molecule has 0 aliphatic carbocycles. The van der Waals surface area contributed by atoms with Gasteiger partial charge in [0.15, 0.2) is 21.4 Å². The molecular weight excluding hydrogens is 304 g/mol. The molecule has 21 heavy (non-hydrogen) atoms. The van der Waals surface area contributed by atoms with Crippen LogP contribution < -0.4 is 10.5 Å². The first-order valence-electron chi connectivity index (χ1n) is 5.72. The van der Waals surface area contributed by atoms with Crippen LogP contribution in [0.1, 0.15) is 0 Å². The third-order valence-corrected chi connectivity index (χ3v) is 4.10. The van der Waals surface area contributed by atoms with Crippen LogP contribution in [-0.4, -0.2) is 31.6 Å². The monoisotopic (exact) mass is 317 g/mol. The minimum atomic E-state index is -4.08. The van der Waals surface area contributed by atoms with E-state index in [0.717, 1.165) is 13.2 Å². The number of anilines is 1. The Kier molecular flexibility index (Phi) is 3.62. The highest BCUT2D eigenvalue weighted by molar-refractivity contribution is 7.90. The average molecular weight is 317 g/mol. The molecule has 0 saturated heterocycles. The number of methoxy groups -OCH3 is 1. The summed E-state index contributed by atoms with van der Waals surface area (Å²) in [5.41, 5.74) is 6.00. The van der Waals surface area contributed by atoms with Crippen molar-refractivity contribution < 1.29 is 21.9 Å². The highest BCUT2D eigenvalue weighted by Crippen LogP contribution is 2.39. The van der Waals surface area contributed by atoms with Gasteiger partial charge in [-0.25, -0.2) is 17.2 Å². The summed E-state index contributed by atoms with van der Waals surface area (Å²) >= 11 is 0. The fraction of sp³-hybridized carbons (Fsp3) is 0.250. The van der Waals surface area contributed by atoms with Gasteiger partial charge in [0.1, 0.15) is 16.5 Å². The van der Waals surface area contributed by atoms with E-state index in [4.69, 9.17) is 10.5 Å². The Morgan fingerprint density at radius 2 is 1.95 bits per heavy atom. The van der Waals surface area contributed by atoms with Crippen molar-refractivity contribution in [3.63, 3.8) is 0 Å². The number of nitrogens with two attached hydrogens (primary N) is 1. The lowest BCUT2D eigenvalue weighted by atomic mass is 10.1. The van der Waals surface area contributed by atoms with Crippen molar-refractivity contribution in [2.75, 3.05) is 19.1 Å². The molecule has 0 fully saturated rings. The SMILES string of the molecule is COc1c(-c2cnn(C)c2N)cc(F)c(S(C)(=O)=O)c1F. The number of hydrogen-bond acceptors (Lipinski definition) is 5. The van der Waals surface area contributed by atoms with E-state index in [1.165, 1.54) is 10.9 Å². The fourth-order valence-electron chi connectivity index (χ4n) is 1.98. The lowest BCUT2D eigenvalue weighted by Crippen LogP contribution is -2.08. The number of nitrogens with zero attached hydrogens (tertiary/aromatic N) is 2. The number of aromatic nitrogens is 2. The lowest BCUT2D eigenvalue weighted by molar-refractivity contribution is 0.377. The van der Waals surface area contributed by atoms with Crippen molar-refractivity contribution in [2.24, 2.45) is 7.05 Å². The summed E-state index contributed by atoms with van der Waals surface area (Å²) in [5, 5.41) is 3.87. The maximum absolute atomic E-state index is 14.3. The molecular formula is C12H13F2N3O3S. The quantitative estimate of drug-likeness (QED) is 0.923. The molecule has 6 nitrogen and oxygen atoms in total. The Hall–Kier alpha value is -2.16. The number of benzene rings is 1. The van der Waals surface area contributed by atoms with Crippen LogP contribution in [0.2, 0.25) is 0 Å². The van der Waals surface area contributed by atoms with E-state index in [1.54, 1.807) is 7.05 Å². The maximum Gasteiger partial charge on any atom is 0.187 e. The first-order valence-corrected chi connectivity index (χ1v) is 7.61. The van der Waals surface area contributed by atoms with Gasteiger partial charge in [-0.2, -0.15) is 5.10 Å². The first kappa shape index (κ1) is 15.2. The zero-order valence-corrected chi connectivity index (χ0v) is 12.3. The van der Waals surface area contributed by atoms with Crippen LogP contribution in [0.3, 0.4) is 0 Å². The molecule has 0 bridgehead atoms. The molecule has 0 aliphatic rings. The van der Waals surface area contributed by atoms with Gasteiger partial charge in [-0.15, -0.1) is 0 Å². The summed E-state index contributed by atoms with van der Waals surface area (Å²) in [5.74, 6) is -2.75. The molecule has 114 valence electrons. The highest BCUT2D eigenvalue weighted by Gasteiger charge is 2.27. The minimum Gasteiger partial charge on any atom is -0.493 e. The van der Waals surface area contributed by atoms with Gasteiger partial charge in [-0.3, -0.25) is 4.68 Å². The van der Waals surface area contributed by atoms with Gasteiger partial charge in [-0.05, 0) is 6.07 Å². The smallest absolute Gasteiger partial charge is 0.187 e. The zero-order valence-electron chi connectivity index (χ0n) is 11.5. The third-order valence-electron chi connectivity index (χ3n) is 2.98. The number of sulfone groups is 1. The molecule has 1 heterocycles. The van der Waals surface area contributed by atoms with Crippen molar-refractivity contribution in [1.82, 2.24) is 9.78 Å². The van der Waals surface area contributed by atoms with Gasteiger partial charge in [0.2, 0.25) is 0 Å². The van der Waals surface area contributed by atoms with E-state index >= 15 is 0 Å². The molecule has 0 amide bonds. The van der Waals surface area contributed by atoms with Crippen LogP contribution in [0.15, 0.2) is 17.2 Å². The number of aryl methyl sites for hydroxylation is 1. The highest BCUT2D eigenvalue weighted by atomic mass is 32.2. The molecule has 0 unspecified atom stereocenters. The Morgan fingerprint density at radius 1 is 1.33 bits per heavy atom. The summed E-state index contributed by atoms with van der Waals surface area (Å²) < 4.78 is 57.5. The van der Waals surface area contributed by atoms with Crippen LogP contribution in [0.25, 0.3) is 11.1 Å². The molecule has 9 heteroatoms. The Balaban J connectivity index is 2.85. The number of rotatable bonds is 3. The molecule has 0 radical (unpaired) electrons. The largest absolute Gasteiger partial charge is 0.493 e. The van der Waals surface area contributed by atoms with Crippen LogP contribution in [0, 0.1) is 11.6 Å². The molecule has 1 aromatic heterocycles. The van der Waals surface area contributed by atoms with E-state index in [0.29, 0.717) is 6.26 Å². The van der Waals surface area contributed by atoms with Gasteiger partial charge >= 0.3 is 0 Å². The van der Waals surface area contributed by atoms with Gasteiger partial charge in [0.25, 0.3) is 0 Å². The molecule has 0 aliphatic heterocycles. The molecule has 0 spiro atoms. The Morgan fingerprint density at radius 3 is 2.38 bits per heavy atom. The lowest BCUT2D eigenvalue weighted by Gasteiger charge is -2.12. The van der Waals surface area contributed by atoms with E-state index < -0.39 is 32.1 Å². The Bertz CT molecular complexity index is 816. The molecule has 2 aromatic rings. The standard InChI is InChI=1S/C12H13F2N3O3S/c1-17-12(15)7(5-16-17)6-4-8(13)11(21(3,18)19)9(14)10(6)20-2/h4-5H,15H2,1-3H3. The molecule has 2 N–H and O–H groups in total. The predicted molar refractivity (Wildman–Crippen MR) is 72.6 cm³/mol. The van der Waals surface area contributed by atoms with Gasteiger partial charge in [0, 0.05) is 24.4 Å². The Labute approximate surface area is 120 Å². The van der Waals surface area contributed by atoms with E-state index in [9.17, 15) is 17.2 Å². The number of ether oxygens (including phenoxy) is 1. The fourth-order valence-corrected chi connectivity index (χ4v) is 2.81. The van der Waals surface area contributed by atoms with Gasteiger partial charge in [0.05, 0.1) is 13.3 Å². The summed E-state index contributed by atoms with van der Waals surface area (Å²) in [6.45, 7) is 0. The second kappa shape index (κ2) is 4.99. The second-order valence-corrected chi connectivity index (χ2v) is 6.37. The minimum absolute atomic E-state index is 0.00880. The van der Waals surface area contributed by atoms with E-state index in [-0.39, 0.29) is 16.9 Å². The van der Waals surface area contributed by atoms with Crippen LogP contribution >= 0.6 is 0 Å². The van der Waals surface area contributed by atoms with Crippen LogP contribution in [0.4, 0.5) is 14.6 Å². The molecule has 2 rings (SSSR count). The van der Waals surface area contributed by atoms with Gasteiger partial charge in [-0.1, -0.05) is 0 Å². The van der Waals surface area contributed by atoms with Crippen molar-refractivity contribution in [1.29, 1.82) is 0 Å². The topological polar surface area (TPSA) is 87.2 Å². The zero-order chi connectivity index (χ0) is 15.9. The first-order chi connectivity index (χ1) is 9.68. The molecule has 1 aromatic carbocycles. The summed E-state index contributed by atoms with van der Waals surface area (Å²) in [6.07, 6.45) is 2.03. The second-order valence-electron chi connectivity index (χ2n) is 4.42. The van der Waals surface area contributed by atoms with Crippen molar-refractivity contribution in [2.45, 2.75) is 4.90 Å². The summed E-state index contributed by atoms with van der Waals surface area (Å²) in [4.78, 5) is -1.04. The normalized spacial score (nSPS) is 11.7. The average Bonchev–Trinajstić information content (AvgIpc) is 2.67. The molecule has 0 atom stereocenters. The van der Waals surface area contributed by atoms with E-state index in [2.05, 4.69) is 5.10 Å². The number of halogens is 2. The molecule has 0 saturated carbocycles. The van der Waals surface area contributed by atoms with Gasteiger partial charge < -0.3 is 10.5 Å². The predicted octanol–water partition coefficient (Wildman–Crippen LogP) is 1.36. The van der Waals surface area contributed by atoms with Crippen LogP contribution in [0.5, 0.6) is 5.75 Å². The van der Waals surface area contributed by atoms with Crippen LogP contribution in [-0.2, 0) is 16.9 Å². The summed E-state index contributed by atoms with van der Waals surface area (Å²) in [6, 6.07) is 0.867. The number of nitrogen functional groups attached to an aromatic ring is 1. The maximum atomic E-state index is 14.3. The summed E-state index contributed by atoms with van der Waals surface area (Å²) in [7, 11) is -1.37. The number of hydrogen-bond donors (Lipinski definition) is 1. The van der Waals surface area contributed by atoms with E-state index in [1.807, 2.05) is 0 Å². The van der Waals surface area contributed by atoms with Crippen molar-refractivity contribution >= 4 is 15.7 Å². The third kappa shape index (κ3) is 2.44. The van der Waals surface area contributed by atoms with Crippen molar-refractivity contribution in [3.05, 3.63) is 23.9 Å².